The topological polar surface area (TPSA) is 56.8 Å². The van der Waals surface area contributed by atoms with E-state index in [-0.39, 0.29) is 5.91 Å². The fourth-order valence-electron chi connectivity index (χ4n) is 2.62. The number of amides is 1. The number of ether oxygens (including phenoxy) is 3. The zero-order chi connectivity index (χ0) is 18.4. The van der Waals surface area contributed by atoms with Gasteiger partial charge < -0.3 is 19.5 Å². The summed E-state index contributed by atoms with van der Waals surface area (Å²) in [4.78, 5) is 12.0. The second kappa shape index (κ2) is 8.81. The Morgan fingerprint density at radius 2 is 1.96 bits per heavy atom. The predicted molar refractivity (Wildman–Crippen MR) is 100 cm³/mol. The lowest BCUT2D eigenvalue weighted by molar-refractivity contribution is -0.121. The molecule has 1 amide bonds. The van der Waals surface area contributed by atoms with Crippen molar-refractivity contribution < 1.29 is 19.0 Å². The van der Waals surface area contributed by atoms with E-state index < -0.39 is 0 Å². The van der Waals surface area contributed by atoms with Gasteiger partial charge in [0.25, 0.3) is 0 Å². The van der Waals surface area contributed by atoms with Gasteiger partial charge in [0.1, 0.15) is 19.0 Å². The van der Waals surface area contributed by atoms with Crippen molar-refractivity contribution in [2.24, 2.45) is 0 Å². The maximum Gasteiger partial charge on any atom is 0.220 e. The van der Waals surface area contributed by atoms with Gasteiger partial charge in [0, 0.05) is 18.0 Å². The lowest BCUT2D eigenvalue weighted by Crippen LogP contribution is -2.23. The molecule has 0 unspecified atom stereocenters. The van der Waals surface area contributed by atoms with Crippen LogP contribution in [0.5, 0.6) is 17.2 Å². The Labute approximate surface area is 158 Å². The molecule has 0 spiro atoms. The summed E-state index contributed by atoms with van der Waals surface area (Å²) in [5, 5.41) is 3.63. The SMILES string of the molecule is Cc1cc(OCCCC(=O)NCc2ccc3c(c2)OCCO3)ccc1Cl. The van der Waals surface area contributed by atoms with Gasteiger partial charge >= 0.3 is 0 Å². The van der Waals surface area contributed by atoms with Gasteiger partial charge in [0.05, 0.1) is 6.61 Å². The number of rotatable bonds is 7. The lowest BCUT2D eigenvalue weighted by atomic mass is 10.2. The number of hydrogen-bond donors (Lipinski definition) is 1. The number of nitrogens with one attached hydrogen (secondary N) is 1. The van der Waals surface area contributed by atoms with Gasteiger partial charge in [0.2, 0.25) is 5.91 Å². The molecule has 0 radical (unpaired) electrons. The number of fused-ring (bicyclic) bond motifs is 1. The Kier molecular flexibility index (Phi) is 6.23. The van der Waals surface area contributed by atoms with E-state index in [0.717, 1.165) is 33.4 Å². The van der Waals surface area contributed by atoms with E-state index in [1.807, 2.05) is 43.3 Å². The van der Waals surface area contributed by atoms with Gasteiger partial charge in [-0.2, -0.15) is 0 Å². The standard InChI is InChI=1S/C20H22ClNO4/c1-14-11-16(5-6-17(14)21)24-8-2-3-20(23)22-13-15-4-7-18-19(12-15)26-10-9-25-18/h4-7,11-12H,2-3,8-10,13H2,1H3,(H,22,23). The highest BCUT2D eigenvalue weighted by Gasteiger charge is 2.12. The van der Waals surface area contributed by atoms with Crippen LogP contribution in [0.1, 0.15) is 24.0 Å². The summed E-state index contributed by atoms with van der Waals surface area (Å²) in [7, 11) is 0. The van der Waals surface area contributed by atoms with E-state index in [9.17, 15) is 4.79 Å². The molecule has 0 aromatic heterocycles. The quantitative estimate of drug-likeness (QED) is 0.746. The van der Waals surface area contributed by atoms with Crippen LogP contribution >= 0.6 is 11.6 Å². The Bertz CT molecular complexity index is 778. The summed E-state index contributed by atoms with van der Waals surface area (Å²) in [5.74, 6) is 2.25. The van der Waals surface area contributed by atoms with Crippen molar-refractivity contribution in [3.8, 4) is 17.2 Å². The Morgan fingerprint density at radius 3 is 2.77 bits per heavy atom. The smallest absolute Gasteiger partial charge is 0.220 e. The number of carbonyl (C=O) groups is 1. The predicted octanol–water partition coefficient (Wildman–Crippen LogP) is 3.90. The van der Waals surface area contributed by atoms with E-state index in [1.54, 1.807) is 0 Å². The molecule has 1 heterocycles. The first kappa shape index (κ1) is 18.4. The van der Waals surface area contributed by atoms with Crippen LogP contribution in [-0.2, 0) is 11.3 Å². The molecule has 2 aromatic rings. The molecule has 0 bridgehead atoms. The summed E-state index contributed by atoms with van der Waals surface area (Å²) in [6.07, 6.45) is 1.06. The van der Waals surface area contributed by atoms with Crippen LogP contribution in [0.25, 0.3) is 0 Å². The van der Waals surface area contributed by atoms with Crippen LogP contribution in [0.3, 0.4) is 0 Å². The first-order chi connectivity index (χ1) is 12.6. The van der Waals surface area contributed by atoms with E-state index in [4.69, 9.17) is 25.8 Å². The minimum atomic E-state index is -0.00391. The van der Waals surface area contributed by atoms with E-state index in [1.165, 1.54) is 0 Å². The number of aryl methyl sites for hydroxylation is 1. The third-order valence-electron chi connectivity index (χ3n) is 4.04. The molecular weight excluding hydrogens is 354 g/mol. The highest BCUT2D eigenvalue weighted by atomic mass is 35.5. The average Bonchev–Trinajstić information content (AvgIpc) is 2.66. The van der Waals surface area contributed by atoms with E-state index in [0.29, 0.717) is 39.2 Å². The molecule has 0 aliphatic carbocycles. The van der Waals surface area contributed by atoms with Crippen molar-refractivity contribution >= 4 is 17.5 Å². The van der Waals surface area contributed by atoms with Crippen molar-refractivity contribution in [2.45, 2.75) is 26.3 Å². The molecule has 6 heteroatoms. The highest BCUT2D eigenvalue weighted by molar-refractivity contribution is 6.31. The van der Waals surface area contributed by atoms with Crippen molar-refractivity contribution in [3.63, 3.8) is 0 Å². The minimum absolute atomic E-state index is 0.00391. The molecular formula is C20H22ClNO4. The Morgan fingerprint density at radius 1 is 1.15 bits per heavy atom. The van der Waals surface area contributed by atoms with Gasteiger partial charge in [0.15, 0.2) is 11.5 Å². The van der Waals surface area contributed by atoms with Crippen LogP contribution in [0, 0.1) is 6.92 Å². The highest BCUT2D eigenvalue weighted by Crippen LogP contribution is 2.30. The molecule has 0 fully saturated rings. The van der Waals surface area contributed by atoms with Gasteiger partial charge in [-0.15, -0.1) is 0 Å². The summed E-state index contributed by atoms with van der Waals surface area (Å²) in [5.41, 5.74) is 1.96. The maximum absolute atomic E-state index is 12.0. The second-order valence-corrected chi connectivity index (χ2v) is 6.52. The van der Waals surface area contributed by atoms with Crippen LogP contribution in [-0.4, -0.2) is 25.7 Å². The molecule has 0 saturated heterocycles. The molecule has 1 N–H and O–H groups in total. The lowest BCUT2D eigenvalue weighted by Gasteiger charge is -2.19. The number of halogens is 1. The van der Waals surface area contributed by atoms with E-state index in [2.05, 4.69) is 5.32 Å². The van der Waals surface area contributed by atoms with Crippen molar-refractivity contribution in [1.29, 1.82) is 0 Å². The molecule has 3 rings (SSSR count). The van der Waals surface area contributed by atoms with Gasteiger partial charge in [-0.1, -0.05) is 17.7 Å². The summed E-state index contributed by atoms with van der Waals surface area (Å²) in [6.45, 7) is 4.00. The molecule has 0 saturated carbocycles. The van der Waals surface area contributed by atoms with Crippen molar-refractivity contribution in [2.75, 3.05) is 19.8 Å². The average molecular weight is 376 g/mol. The first-order valence-electron chi connectivity index (χ1n) is 8.66. The van der Waals surface area contributed by atoms with Gasteiger partial charge in [-0.05, 0) is 54.8 Å². The molecule has 2 aromatic carbocycles. The third-order valence-corrected chi connectivity index (χ3v) is 4.47. The fourth-order valence-corrected chi connectivity index (χ4v) is 2.73. The van der Waals surface area contributed by atoms with Crippen LogP contribution in [0.4, 0.5) is 0 Å². The van der Waals surface area contributed by atoms with Crippen molar-refractivity contribution in [1.82, 2.24) is 5.32 Å². The first-order valence-corrected chi connectivity index (χ1v) is 9.04. The minimum Gasteiger partial charge on any atom is -0.494 e. The number of benzene rings is 2. The van der Waals surface area contributed by atoms with Gasteiger partial charge in [-0.25, -0.2) is 0 Å². The monoisotopic (exact) mass is 375 g/mol. The zero-order valence-electron chi connectivity index (χ0n) is 14.7. The number of carbonyl (C=O) groups excluding carboxylic acids is 1. The van der Waals surface area contributed by atoms with Crippen molar-refractivity contribution in [3.05, 3.63) is 52.5 Å². The van der Waals surface area contributed by atoms with E-state index >= 15 is 0 Å². The number of hydrogen-bond acceptors (Lipinski definition) is 4. The summed E-state index contributed by atoms with van der Waals surface area (Å²) >= 11 is 5.98. The molecule has 1 aliphatic heterocycles. The molecule has 5 nitrogen and oxygen atoms in total. The second-order valence-electron chi connectivity index (χ2n) is 6.12. The Hall–Kier alpha value is -2.40. The maximum atomic E-state index is 12.0. The largest absolute Gasteiger partial charge is 0.494 e. The third kappa shape index (κ3) is 5.05. The van der Waals surface area contributed by atoms with Crippen LogP contribution in [0.2, 0.25) is 5.02 Å². The summed E-state index contributed by atoms with van der Waals surface area (Å²) in [6, 6.07) is 11.2. The summed E-state index contributed by atoms with van der Waals surface area (Å²) < 4.78 is 16.7. The molecule has 26 heavy (non-hydrogen) atoms. The normalized spacial score (nSPS) is 12.5. The van der Waals surface area contributed by atoms with Crippen LogP contribution < -0.4 is 19.5 Å². The zero-order valence-corrected chi connectivity index (χ0v) is 15.5. The molecule has 138 valence electrons. The van der Waals surface area contributed by atoms with Gasteiger partial charge in [-0.3, -0.25) is 4.79 Å². The molecule has 0 atom stereocenters. The fraction of sp³-hybridized carbons (Fsp3) is 0.350. The van der Waals surface area contributed by atoms with Crippen LogP contribution in [0.15, 0.2) is 36.4 Å². The Balaban J connectivity index is 1.37. The molecule has 1 aliphatic rings.